The van der Waals surface area contributed by atoms with Gasteiger partial charge in [0.2, 0.25) is 10.0 Å². The number of sulfonamides is 1. The van der Waals surface area contributed by atoms with Gasteiger partial charge in [0.25, 0.3) is 0 Å². The molecule has 98 valence electrons. The fourth-order valence-corrected chi connectivity index (χ4v) is 2.97. The minimum atomic E-state index is -3.19. The number of benzene rings is 1. The van der Waals surface area contributed by atoms with Crippen molar-refractivity contribution in [3.8, 4) is 0 Å². The van der Waals surface area contributed by atoms with E-state index >= 15 is 0 Å². The molecular formula is C13H18N2O2S. The van der Waals surface area contributed by atoms with E-state index in [1.54, 1.807) is 6.08 Å². The first-order valence-electron chi connectivity index (χ1n) is 6.00. The largest absolute Gasteiger partial charge is 0.309 e. The molecule has 0 saturated heterocycles. The highest BCUT2D eigenvalue weighted by molar-refractivity contribution is 7.89. The van der Waals surface area contributed by atoms with Gasteiger partial charge < -0.3 is 5.32 Å². The first-order valence-corrected chi connectivity index (χ1v) is 7.65. The molecule has 0 saturated carbocycles. The van der Waals surface area contributed by atoms with E-state index in [9.17, 15) is 8.42 Å². The van der Waals surface area contributed by atoms with Gasteiger partial charge in [0.1, 0.15) is 0 Å². The van der Waals surface area contributed by atoms with E-state index in [-0.39, 0.29) is 5.75 Å². The summed E-state index contributed by atoms with van der Waals surface area (Å²) in [5.41, 5.74) is 3.56. The Bertz CT molecular complexity index is 538. The molecule has 2 N–H and O–H groups in total. The third kappa shape index (κ3) is 3.41. The maximum absolute atomic E-state index is 11.6. The highest BCUT2D eigenvalue weighted by Gasteiger charge is 2.12. The van der Waals surface area contributed by atoms with Crippen LogP contribution >= 0.6 is 0 Å². The van der Waals surface area contributed by atoms with Crippen molar-refractivity contribution in [3.63, 3.8) is 0 Å². The van der Waals surface area contributed by atoms with Crippen LogP contribution in [0.4, 0.5) is 0 Å². The molecule has 1 aliphatic rings. The summed E-state index contributed by atoms with van der Waals surface area (Å²) in [7, 11) is -3.19. The number of hydrogen-bond acceptors (Lipinski definition) is 3. The highest BCUT2D eigenvalue weighted by Crippen LogP contribution is 2.17. The molecule has 0 unspecified atom stereocenters. The topological polar surface area (TPSA) is 58.2 Å². The average Bonchev–Trinajstić information content (AvgIpc) is 2.81. The lowest BCUT2D eigenvalue weighted by molar-refractivity contribution is 0.581. The molecule has 1 aromatic rings. The first-order chi connectivity index (χ1) is 8.61. The third-order valence-corrected chi connectivity index (χ3v) is 4.35. The van der Waals surface area contributed by atoms with Crippen LogP contribution in [0, 0.1) is 0 Å². The molecule has 4 nitrogen and oxygen atoms in total. The Morgan fingerprint density at radius 2 is 2.11 bits per heavy atom. The summed E-state index contributed by atoms with van der Waals surface area (Å²) >= 11 is 0. The predicted molar refractivity (Wildman–Crippen MR) is 72.4 cm³/mol. The van der Waals surface area contributed by atoms with Crippen LogP contribution in [-0.2, 0) is 29.7 Å². The van der Waals surface area contributed by atoms with E-state index in [0.29, 0.717) is 13.0 Å². The molecule has 2 rings (SSSR count). The van der Waals surface area contributed by atoms with Crippen LogP contribution in [0.5, 0.6) is 0 Å². The van der Waals surface area contributed by atoms with Gasteiger partial charge in [-0.05, 0) is 23.1 Å². The highest BCUT2D eigenvalue weighted by atomic mass is 32.2. The van der Waals surface area contributed by atoms with E-state index in [1.165, 1.54) is 11.1 Å². The van der Waals surface area contributed by atoms with Crippen molar-refractivity contribution in [1.82, 2.24) is 10.0 Å². The van der Waals surface area contributed by atoms with Gasteiger partial charge >= 0.3 is 0 Å². The van der Waals surface area contributed by atoms with Gasteiger partial charge in [0.15, 0.2) is 0 Å². The van der Waals surface area contributed by atoms with Crippen molar-refractivity contribution < 1.29 is 8.42 Å². The SMILES string of the molecule is C=CCCS(=O)(=O)NCc1ccc2c(c1)CNC2. The minimum absolute atomic E-state index is 0.100. The summed E-state index contributed by atoms with van der Waals surface area (Å²) in [6, 6.07) is 6.09. The summed E-state index contributed by atoms with van der Waals surface area (Å²) in [4.78, 5) is 0. The fraction of sp³-hybridized carbons (Fsp3) is 0.385. The lowest BCUT2D eigenvalue weighted by Gasteiger charge is -2.07. The van der Waals surface area contributed by atoms with Crippen LogP contribution in [0.25, 0.3) is 0 Å². The summed E-state index contributed by atoms with van der Waals surface area (Å²) < 4.78 is 25.9. The lowest BCUT2D eigenvalue weighted by atomic mass is 10.1. The molecule has 1 heterocycles. The van der Waals surface area contributed by atoms with Crippen molar-refractivity contribution >= 4 is 10.0 Å². The third-order valence-electron chi connectivity index (χ3n) is 2.99. The zero-order valence-electron chi connectivity index (χ0n) is 10.3. The number of hydrogen-bond donors (Lipinski definition) is 2. The Morgan fingerprint density at radius 1 is 1.33 bits per heavy atom. The molecular weight excluding hydrogens is 248 g/mol. The Labute approximate surface area is 108 Å². The van der Waals surface area contributed by atoms with Gasteiger partial charge in [-0.3, -0.25) is 0 Å². The van der Waals surface area contributed by atoms with Crippen molar-refractivity contribution in [2.45, 2.75) is 26.1 Å². The molecule has 1 aromatic carbocycles. The number of nitrogens with one attached hydrogen (secondary N) is 2. The summed E-state index contributed by atoms with van der Waals surface area (Å²) in [6.45, 7) is 5.65. The van der Waals surface area contributed by atoms with E-state index < -0.39 is 10.0 Å². The maximum atomic E-state index is 11.6. The number of rotatable bonds is 6. The molecule has 18 heavy (non-hydrogen) atoms. The van der Waals surface area contributed by atoms with Crippen LogP contribution in [0.1, 0.15) is 23.1 Å². The van der Waals surface area contributed by atoms with E-state index in [1.807, 2.05) is 6.07 Å². The zero-order chi connectivity index (χ0) is 13.0. The average molecular weight is 266 g/mol. The van der Waals surface area contributed by atoms with Crippen molar-refractivity contribution in [2.75, 3.05) is 5.75 Å². The van der Waals surface area contributed by atoms with E-state index in [0.717, 1.165) is 18.7 Å². The quantitative estimate of drug-likeness (QED) is 0.763. The van der Waals surface area contributed by atoms with Gasteiger partial charge in [-0.1, -0.05) is 24.3 Å². The first kappa shape index (κ1) is 13.3. The van der Waals surface area contributed by atoms with Gasteiger partial charge in [-0.2, -0.15) is 0 Å². The molecule has 0 spiro atoms. The Kier molecular flexibility index (Phi) is 4.16. The molecule has 0 aliphatic carbocycles. The molecule has 0 radical (unpaired) electrons. The fourth-order valence-electron chi connectivity index (χ4n) is 1.96. The Morgan fingerprint density at radius 3 is 2.89 bits per heavy atom. The maximum Gasteiger partial charge on any atom is 0.212 e. The molecule has 0 aromatic heterocycles. The van der Waals surface area contributed by atoms with Crippen LogP contribution < -0.4 is 10.0 Å². The summed E-state index contributed by atoms with van der Waals surface area (Å²) in [5, 5.41) is 3.27. The smallest absolute Gasteiger partial charge is 0.212 e. The van der Waals surface area contributed by atoms with Crippen molar-refractivity contribution in [1.29, 1.82) is 0 Å². The zero-order valence-corrected chi connectivity index (χ0v) is 11.1. The summed E-state index contributed by atoms with van der Waals surface area (Å²) in [5.74, 6) is 0.100. The van der Waals surface area contributed by atoms with Crippen LogP contribution in [0.15, 0.2) is 30.9 Å². The van der Waals surface area contributed by atoms with E-state index in [2.05, 4.69) is 28.8 Å². The van der Waals surface area contributed by atoms with Crippen LogP contribution in [-0.4, -0.2) is 14.2 Å². The molecule has 0 atom stereocenters. The standard InChI is InChI=1S/C13H18N2O2S/c1-2-3-6-18(16,17)15-8-11-4-5-12-9-14-10-13(12)7-11/h2,4-5,7,14-15H,1,3,6,8-10H2. The Hall–Kier alpha value is -1.17. The minimum Gasteiger partial charge on any atom is -0.309 e. The monoisotopic (exact) mass is 266 g/mol. The van der Waals surface area contributed by atoms with Crippen molar-refractivity contribution in [3.05, 3.63) is 47.5 Å². The second-order valence-electron chi connectivity index (χ2n) is 4.42. The molecule has 1 aliphatic heterocycles. The molecule has 0 amide bonds. The molecule has 5 heteroatoms. The predicted octanol–water partition coefficient (Wildman–Crippen LogP) is 1.29. The van der Waals surface area contributed by atoms with Gasteiger partial charge in [-0.25, -0.2) is 13.1 Å². The number of allylic oxidation sites excluding steroid dienone is 1. The second-order valence-corrected chi connectivity index (χ2v) is 6.35. The van der Waals surface area contributed by atoms with Crippen LogP contribution in [0.3, 0.4) is 0 Å². The van der Waals surface area contributed by atoms with E-state index in [4.69, 9.17) is 0 Å². The number of fused-ring (bicyclic) bond motifs is 1. The van der Waals surface area contributed by atoms with Gasteiger partial charge in [-0.15, -0.1) is 6.58 Å². The van der Waals surface area contributed by atoms with Crippen molar-refractivity contribution in [2.24, 2.45) is 0 Å². The molecule has 0 bridgehead atoms. The van der Waals surface area contributed by atoms with Crippen LogP contribution in [0.2, 0.25) is 0 Å². The normalized spacial score (nSPS) is 14.4. The van der Waals surface area contributed by atoms with Gasteiger partial charge in [0.05, 0.1) is 5.75 Å². The summed E-state index contributed by atoms with van der Waals surface area (Å²) in [6.07, 6.45) is 2.09. The second kappa shape index (κ2) is 5.65. The Balaban J connectivity index is 1.96. The molecule has 0 fully saturated rings. The lowest BCUT2D eigenvalue weighted by Crippen LogP contribution is -2.25. The van der Waals surface area contributed by atoms with Gasteiger partial charge in [0, 0.05) is 19.6 Å².